The third-order valence-electron chi connectivity index (χ3n) is 1.27. The van der Waals surface area contributed by atoms with Gasteiger partial charge >= 0.3 is 12.0 Å². The van der Waals surface area contributed by atoms with Gasteiger partial charge in [-0.1, -0.05) is 6.92 Å². The number of nitrogens with one attached hydrogen (secondary N) is 1. The van der Waals surface area contributed by atoms with Gasteiger partial charge in [0, 0.05) is 12.4 Å². The van der Waals surface area contributed by atoms with E-state index in [1.807, 2.05) is 0 Å². The van der Waals surface area contributed by atoms with Crippen molar-refractivity contribution in [2.75, 3.05) is 0 Å². The summed E-state index contributed by atoms with van der Waals surface area (Å²) < 4.78 is 0. The number of aliphatic imine (C=N–C) groups is 1. The number of hydrogen-bond acceptors (Lipinski definition) is 2. The summed E-state index contributed by atoms with van der Waals surface area (Å²) in [5.41, 5.74) is 0.139. The van der Waals surface area contributed by atoms with Crippen LogP contribution in [0.2, 0.25) is 0 Å². The van der Waals surface area contributed by atoms with Crippen molar-refractivity contribution in [1.82, 2.24) is 5.32 Å². The first-order valence-electron chi connectivity index (χ1n) is 3.83. The van der Waals surface area contributed by atoms with Crippen molar-refractivity contribution in [1.29, 1.82) is 0 Å². The Labute approximate surface area is 76.2 Å². The second kappa shape index (κ2) is 5.93. The predicted molar refractivity (Wildman–Crippen MR) is 48.7 cm³/mol. The van der Waals surface area contributed by atoms with Gasteiger partial charge in [0.25, 0.3) is 0 Å². The van der Waals surface area contributed by atoms with E-state index in [2.05, 4.69) is 10.3 Å². The summed E-state index contributed by atoms with van der Waals surface area (Å²) in [6.45, 7) is 3.29. The lowest BCUT2D eigenvalue weighted by atomic mass is 10.2. The van der Waals surface area contributed by atoms with Crippen molar-refractivity contribution >= 4 is 18.2 Å². The van der Waals surface area contributed by atoms with Crippen molar-refractivity contribution in [2.45, 2.75) is 20.3 Å². The van der Waals surface area contributed by atoms with Gasteiger partial charge in [-0.25, -0.2) is 14.6 Å². The maximum absolute atomic E-state index is 10.7. The van der Waals surface area contributed by atoms with Crippen LogP contribution in [-0.2, 0) is 4.79 Å². The van der Waals surface area contributed by atoms with Crippen molar-refractivity contribution in [3.8, 4) is 0 Å². The number of nitrogens with zero attached hydrogens (tertiary/aromatic N) is 1. The predicted octanol–water partition coefficient (Wildman–Crippen LogP) is 1.17. The molecule has 2 amide bonds. The summed E-state index contributed by atoms with van der Waals surface area (Å²) in [6, 6.07) is -0.574. The van der Waals surface area contributed by atoms with Gasteiger partial charge < -0.3 is 10.4 Å². The molecule has 5 nitrogen and oxygen atoms in total. The Morgan fingerprint density at radius 2 is 2.15 bits per heavy atom. The van der Waals surface area contributed by atoms with E-state index in [0.717, 1.165) is 6.20 Å². The second-order valence-corrected chi connectivity index (χ2v) is 2.17. The van der Waals surface area contributed by atoms with Crippen LogP contribution < -0.4 is 5.32 Å². The molecule has 72 valence electrons. The molecule has 0 aliphatic heterocycles. The molecule has 0 aliphatic carbocycles. The Morgan fingerprint density at radius 1 is 1.54 bits per heavy atom. The molecule has 0 rings (SSSR count). The minimum Gasteiger partial charge on any atom is -0.478 e. The molecule has 0 bridgehead atoms. The molecule has 0 radical (unpaired) electrons. The Balaban J connectivity index is 4.22. The Bertz CT molecular complexity index is 256. The van der Waals surface area contributed by atoms with Gasteiger partial charge in [-0.2, -0.15) is 0 Å². The van der Waals surface area contributed by atoms with Gasteiger partial charge in [-0.05, 0) is 13.3 Å². The van der Waals surface area contributed by atoms with E-state index in [4.69, 9.17) is 5.11 Å². The molecule has 0 aromatic heterocycles. The first-order valence-corrected chi connectivity index (χ1v) is 3.83. The Kier molecular flexibility index (Phi) is 5.18. The van der Waals surface area contributed by atoms with Crippen LogP contribution in [0.15, 0.2) is 16.8 Å². The fourth-order valence-electron chi connectivity index (χ4n) is 0.618. The van der Waals surface area contributed by atoms with Gasteiger partial charge in [0.15, 0.2) is 0 Å². The first kappa shape index (κ1) is 11.4. The zero-order chi connectivity index (χ0) is 10.3. The lowest BCUT2D eigenvalue weighted by molar-refractivity contribution is -0.132. The number of carboxylic acids is 1. The minimum absolute atomic E-state index is 0.139. The number of urea groups is 1. The van der Waals surface area contributed by atoms with Crippen LogP contribution >= 0.6 is 0 Å². The topological polar surface area (TPSA) is 78.8 Å². The van der Waals surface area contributed by atoms with Crippen molar-refractivity contribution in [2.24, 2.45) is 4.99 Å². The van der Waals surface area contributed by atoms with E-state index in [9.17, 15) is 9.59 Å². The van der Waals surface area contributed by atoms with E-state index in [0.29, 0.717) is 6.42 Å². The zero-order valence-electron chi connectivity index (χ0n) is 7.57. The lowest BCUT2D eigenvalue weighted by Crippen LogP contribution is -2.15. The van der Waals surface area contributed by atoms with E-state index in [1.165, 1.54) is 6.21 Å². The lowest BCUT2D eigenvalue weighted by Gasteiger charge is -1.97. The molecule has 0 aromatic carbocycles. The normalized spacial score (nSPS) is 11.7. The third-order valence-corrected chi connectivity index (χ3v) is 1.27. The quantitative estimate of drug-likeness (QED) is 0.510. The summed E-state index contributed by atoms with van der Waals surface area (Å²) in [5.74, 6) is -1.04. The maximum atomic E-state index is 10.7. The molecule has 0 fully saturated rings. The largest absolute Gasteiger partial charge is 0.478 e. The number of carboxylic acid groups (broad SMARTS) is 1. The van der Waals surface area contributed by atoms with E-state index < -0.39 is 12.0 Å². The highest BCUT2D eigenvalue weighted by Crippen LogP contribution is 1.97. The van der Waals surface area contributed by atoms with Crippen molar-refractivity contribution in [3.05, 3.63) is 11.8 Å². The molecule has 0 aromatic rings. The number of aliphatic carboxylic acids is 1. The maximum Gasteiger partial charge on any atom is 0.344 e. The Morgan fingerprint density at radius 3 is 2.54 bits per heavy atom. The molecular weight excluding hydrogens is 172 g/mol. The van der Waals surface area contributed by atoms with E-state index in [-0.39, 0.29) is 5.57 Å². The van der Waals surface area contributed by atoms with Crippen molar-refractivity contribution < 1.29 is 14.7 Å². The summed E-state index contributed by atoms with van der Waals surface area (Å²) >= 11 is 0. The van der Waals surface area contributed by atoms with Crippen LogP contribution in [0.3, 0.4) is 0 Å². The van der Waals surface area contributed by atoms with Gasteiger partial charge in [0.2, 0.25) is 0 Å². The standard InChI is InChI=1S/C8H12N2O3/c1-3-6(7(11)12)5-10-8(13)9-4-2/h4-5H,3H2,1-2H3,(H,10,13)(H,11,12). The van der Waals surface area contributed by atoms with Crippen LogP contribution in [0.1, 0.15) is 20.3 Å². The second-order valence-electron chi connectivity index (χ2n) is 2.17. The molecule has 0 heterocycles. The Hall–Kier alpha value is -1.65. The van der Waals surface area contributed by atoms with Crippen LogP contribution in [-0.4, -0.2) is 23.3 Å². The highest BCUT2D eigenvalue weighted by atomic mass is 16.4. The van der Waals surface area contributed by atoms with E-state index in [1.54, 1.807) is 13.8 Å². The summed E-state index contributed by atoms with van der Waals surface area (Å²) in [7, 11) is 0. The molecule has 0 saturated heterocycles. The smallest absolute Gasteiger partial charge is 0.344 e. The zero-order valence-corrected chi connectivity index (χ0v) is 7.57. The molecule has 0 aliphatic rings. The van der Waals surface area contributed by atoms with Gasteiger partial charge in [0.05, 0.1) is 5.57 Å². The molecule has 0 unspecified atom stereocenters. The van der Waals surface area contributed by atoms with Crippen LogP contribution in [0, 0.1) is 0 Å². The summed E-state index contributed by atoms with van der Waals surface area (Å²) in [5, 5.41) is 10.8. The summed E-state index contributed by atoms with van der Waals surface area (Å²) in [4.78, 5) is 24.6. The molecule has 5 heteroatoms. The van der Waals surface area contributed by atoms with Crippen LogP contribution in [0.25, 0.3) is 0 Å². The van der Waals surface area contributed by atoms with Crippen molar-refractivity contribution in [3.63, 3.8) is 0 Å². The summed E-state index contributed by atoms with van der Waals surface area (Å²) in [6.07, 6.45) is 2.83. The van der Waals surface area contributed by atoms with Crippen LogP contribution in [0.5, 0.6) is 0 Å². The molecule has 0 spiro atoms. The molecular formula is C8H12N2O3. The number of rotatable bonds is 3. The minimum atomic E-state index is -1.04. The number of carbonyl (C=O) groups is 2. The molecule has 2 N–H and O–H groups in total. The highest BCUT2D eigenvalue weighted by molar-refractivity contribution is 5.88. The van der Waals surface area contributed by atoms with Gasteiger partial charge in [-0.3, -0.25) is 0 Å². The third kappa shape index (κ3) is 4.73. The fourth-order valence-corrected chi connectivity index (χ4v) is 0.618. The number of carbonyl (C=O) groups excluding carboxylic acids is 1. The molecule has 0 saturated carbocycles. The number of hydrogen-bond donors (Lipinski definition) is 2. The van der Waals surface area contributed by atoms with Gasteiger partial charge in [0.1, 0.15) is 0 Å². The molecule has 0 atom stereocenters. The van der Waals surface area contributed by atoms with E-state index >= 15 is 0 Å². The molecule has 13 heavy (non-hydrogen) atoms. The average Bonchev–Trinajstić information content (AvgIpc) is 2.05. The monoisotopic (exact) mass is 184 g/mol. The average molecular weight is 184 g/mol. The highest BCUT2D eigenvalue weighted by Gasteiger charge is 2.03. The van der Waals surface area contributed by atoms with Crippen LogP contribution in [0.4, 0.5) is 4.79 Å². The SMILES string of the molecule is CC=NC(=O)NC=C(CC)C(=O)O. The fraction of sp³-hybridized carbons (Fsp3) is 0.375. The number of amides is 2. The first-order chi connectivity index (χ1) is 6.11. The van der Waals surface area contributed by atoms with Gasteiger partial charge in [-0.15, -0.1) is 0 Å².